The smallest absolute Gasteiger partial charge is 0.186 e. The van der Waals surface area contributed by atoms with Crippen molar-refractivity contribution >= 4 is 0 Å². The van der Waals surface area contributed by atoms with Gasteiger partial charge in [-0.05, 0) is 6.42 Å². The van der Waals surface area contributed by atoms with E-state index in [1.54, 1.807) is 15.8 Å². The summed E-state index contributed by atoms with van der Waals surface area (Å²) in [7, 11) is 0. The summed E-state index contributed by atoms with van der Waals surface area (Å²) in [4.78, 5) is 1.73. The zero-order valence-corrected chi connectivity index (χ0v) is 18.1. The number of aromatic nitrogens is 3. The van der Waals surface area contributed by atoms with E-state index in [0.717, 1.165) is 0 Å². The maximum Gasteiger partial charge on any atom is 0.186 e. The summed E-state index contributed by atoms with van der Waals surface area (Å²) in [5.41, 5.74) is 0.611. The summed E-state index contributed by atoms with van der Waals surface area (Å²) in [6, 6.07) is -0.658. The number of aliphatic hydroxyl groups is 8. The van der Waals surface area contributed by atoms with E-state index in [-0.39, 0.29) is 19.8 Å². The maximum atomic E-state index is 10.0. The Morgan fingerprint density at radius 2 is 1.70 bits per heavy atom. The van der Waals surface area contributed by atoms with Gasteiger partial charge in [-0.3, -0.25) is 9.58 Å². The highest BCUT2D eigenvalue weighted by Crippen LogP contribution is 2.22. The van der Waals surface area contributed by atoms with Crippen molar-refractivity contribution in [2.75, 3.05) is 32.9 Å². The van der Waals surface area contributed by atoms with Gasteiger partial charge in [-0.1, -0.05) is 5.21 Å². The Morgan fingerprint density at radius 1 is 0.939 bits per heavy atom. The highest BCUT2D eigenvalue weighted by atomic mass is 16.7. The normalized spacial score (nSPS) is 38.0. The number of hydrogen-bond acceptors (Lipinski definition) is 13. The number of hydrogen-bond donors (Lipinski definition) is 8. The van der Waals surface area contributed by atoms with Crippen molar-refractivity contribution in [2.45, 2.75) is 74.4 Å². The number of likely N-dealkylation sites (tertiary alicyclic amines) is 1. The third kappa shape index (κ3) is 6.23. The minimum absolute atomic E-state index is 0.0887. The van der Waals surface area contributed by atoms with Crippen LogP contribution >= 0.6 is 0 Å². The molecule has 0 unspecified atom stereocenters. The summed E-state index contributed by atoms with van der Waals surface area (Å²) in [5.74, 6) is 0. The van der Waals surface area contributed by atoms with Crippen LogP contribution in [0.4, 0.5) is 0 Å². The monoisotopic (exact) mass is 478 g/mol. The van der Waals surface area contributed by atoms with Crippen LogP contribution in [0.5, 0.6) is 0 Å². The summed E-state index contributed by atoms with van der Waals surface area (Å²) in [5, 5.41) is 86.0. The number of aliphatic hydroxyl groups excluding tert-OH is 8. The van der Waals surface area contributed by atoms with Gasteiger partial charge in [0, 0.05) is 32.3 Å². The van der Waals surface area contributed by atoms with Gasteiger partial charge in [-0.15, -0.1) is 5.10 Å². The van der Waals surface area contributed by atoms with Crippen molar-refractivity contribution in [3.8, 4) is 0 Å². The molecule has 0 aromatic carbocycles. The molecule has 2 fully saturated rings. The summed E-state index contributed by atoms with van der Waals surface area (Å²) < 4.78 is 12.3. The zero-order chi connectivity index (χ0) is 24.1. The molecule has 0 spiro atoms. The Bertz CT molecular complexity index is 725. The molecule has 2 aliphatic rings. The van der Waals surface area contributed by atoms with Crippen LogP contribution in [0.15, 0.2) is 6.20 Å². The molecule has 2 saturated heterocycles. The quantitative estimate of drug-likeness (QED) is 0.158. The number of aryl methyl sites for hydroxylation is 1. The minimum Gasteiger partial charge on any atom is -0.395 e. The van der Waals surface area contributed by atoms with Crippen molar-refractivity contribution in [2.24, 2.45) is 0 Å². The van der Waals surface area contributed by atoms with E-state index in [4.69, 9.17) is 9.47 Å². The lowest BCUT2D eigenvalue weighted by atomic mass is 9.94. The fourth-order valence-electron chi connectivity index (χ4n) is 4.12. The van der Waals surface area contributed by atoms with Gasteiger partial charge in [-0.2, -0.15) is 0 Å². The van der Waals surface area contributed by atoms with E-state index in [1.165, 1.54) is 0 Å². The molecule has 1 aromatic heterocycles. The van der Waals surface area contributed by atoms with Crippen LogP contribution in [-0.2, 0) is 22.4 Å². The summed E-state index contributed by atoms with van der Waals surface area (Å²) in [6.07, 6.45) is -7.63. The average molecular weight is 478 g/mol. The lowest BCUT2D eigenvalue weighted by Gasteiger charge is -2.43. The second-order valence-corrected chi connectivity index (χ2v) is 8.44. The first-order chi connectivity index (χ1) is 15.8. The van der Waals surface area contributed by atoms with Gasteiger partial charge in [0.1, 0.15) is 36.6 Å². The fraction of sp³-hybridized carbons (Fsp3) is 0.895. The van der Waals surface area contributed by atoms with Gasteiger partial charge in [0.2, 0.25) is 0 Å². The van der Waals surface area contributed by atoms with Crippen molar-refractivity contribution in [1.82, 2.24) is 19.9 Å². The predicted octanol–water partition coefficient (Wildman–Crippen LogP) is -5.21. The average Bonchev–Trinajstić information content (AvgIpc) is 3.25. The SMILES string of the molecule is OC[C@@H]1[C@@H](O)[C@H](O)[C@@H](O)CN1CCCn1cc(CCO[C@H]2O[C@H](CO)[C@@H](O)[C@H](O)[C@@H]2O)nn1. The molecular formula is C19H34N4O10. The van der Waals surface area contributed by atoms with Crippen LogP contribution in [0.2, 0.25) is 0 Å². The molecule has 3 rings (SSSR count). The zero-order valence-electron chi connectivity index (χ0n) is 18.1. The van der Waals surface area contributed by atoms with Gasteiger partial charge in [0.15, 0.2) is 6.29 Å². The van der Waals surface area contributed by atoms with E-state index < -0.39 is 61.7 Å². The molecule has 14 nitrogen and oxygen atoms in total. The summed E-state index contributed by atoms with van der Waals surface area (Å²) >= 11 is 0. The molecule has 0 saturated carbocycles. The molecule has 0 amide bonds. The van der Waals surface area contributed by atoms with Crippen LogP contribution in [0.3, 0.4) is 0 Å². The third-order valence-corrected chi connectivity index (χ3v) is 6.12. The molecule has 1 aromatic rings. The molecule has 0 bridgehead atoms. The number of nitrogens with zero attached hydrogens (tertiary/aromatic N) is 4. The Labute approximate surface area is 190 Å². The number of piperidine rings is 1. The summed E-state index contributed by atoms with van der Waals surface area (Å²) in [6.45, 7) is 0.305. The van der Waals surface area contributed by atoms with Crippen LogP contribution in [0.1, 0.15) is 12.1 Å². The van der Waals surface area contributed by atoms with Crippen LogP contribution in [0.25, 0.3) is 0 Å². The largest absolute Gasteiger partial charge is 0.395 e. The molecule has 0 aliphatic carbocycles. The lowest BCUT2D eigenvalue weighted by Crippen LogP contribution is -2.62. The van der Waals surface area contributed by atoms with E-state index >= 15 is 0 Å². The van der Waals surface area contributed by atoms with Gasteiger partial charge in [0.05, 0.1) is 37.7 Å². The van der Waals surface area contributed by atoms with E-state index in [9.17, 15) is 40.9 Å². The van der Waals surface area contributed by atoms with Gasteiger partial charge >= 0.3 is 0 Å². The molecule has 14 heteroatoms. The number of rotatable bonds is 10. The molecule has 3 heterocycles. The topological polar surface area (TPSA) is 214 Å². The van der Waals surface area contributed by atoms with Gasteiger partial charge in [-0.25, -0.2) is 0 Å². The van der Waals surface area contributed by atoms with E-state index in [1.807, 2.05) is 0 Å². The fourth-order valence-corrected chi connectivity index (χ4v) is 4.12. The Hall–Kier alpha value is -1.30. The van der Waals surface area contributed by atoms with E-state index in [0.29, 0.717) is 31.6 Å². The molecular weight excluding hydrogens is 444 g/mol. The second kappa shape index (κ2) is 11.9. The van der Waals surface area contributed by atoms with Gasteiger partial charge in [0.25, 0.3) is 0 Å². The highest BCUT2D eigenvalue weighted by molar-refractivity contribution is 4.95. The Kier molecular flexibility index (Phi) is 9.49. The minimum atomic E-state index is -1.50. The van der Waals surface area contributed by atoms with E-state index in [2.05, 4.69) is 10.3 Å². The molecule has 2 aliphatic heterocycles. The first-order valence-electron chi connectivity index (χ1n) is 11.0. The second-order valence-electron chi connectivity index (χ2n) is 8.44. The molecule has 9 atom stereocenters. The van der Waals surface area contributed by atoms with Crippen molar-refractivity contribution in [1.29, 1.82) is 0 Å². The lowest BCUT2D eigenvalue weighted by molar-refractivity contribution is -0.300. The van der Waals surface area contributed by atoms with Crippen LogP contribution in [-0.4, -0.2) is 149 Å². The molecule has 0 radical (unpaired) electrons. The predicted molar refractivity (Wildman–Crippen MR) is 109 cm³/mol. The van der Waals surface area contributed by atoms with Crippen molar-refractivity contribution in [3.05, 3.63) is 11.9 Å². The van der Waals surface area contributed by atoms with Crippen molar-refractivity contribution in [3.63, 3.8) is 0 Å². The maximum absolute atomic E-state index is 10.0. The van der Waals surface area contributed by atoms with Crippen LogP contribution in [0, 0.1) is 0 Å². The Morgan fingerprint density at radius 3 is 2.39 bits per heavy atom. The number of β-amino-alcohol motifs (C(OH)–C–C–N with tert-alkyl or cyclic N) is 1. The first-order valence-corrected chi connectivity index (χ1v) is 11.0. The standard InChI is InChI=1S/C19H34N4O10/c24-8-11-14(27)15(28)12(26)7-22(11)3-1-4-23-6-10(20-21-23)2-5-32-19-18(31)17(30)16(29)13(9-25)33-19/h6,11-19,24-31H,1-5,7-9H2/t11-,12+,13-,14-,15-,16-,17+,18+,19+/m1/s1. The van der Waals surface area contributed by atoms with Gasteiger partial charge < -0.3 is 50.3 Å². The number of ether oxygens (including phenoxy) is 2. The Balaban J connectivity index is 1.41. The molecule has 190 valence electrons. The van der Waals surface area contributed by atoms with Crippen LogP contribution < -0.4 is 0 Å². The highest BCUT2D eigenvalue weighted by Gasteiger charge is 2.44. The molecule has 8 N–H and O–H groups in total. The van der Waals surface area contributed by atoms with Crippen molar-refractivity contribution < 1.29 is 50.3 Å². The molecule has 33 heavy (non-hydrogen) atoms. The first kappa shape index (κ1) is 26.3. The third-order valence-electron chi connectivity index (χ3n) is 6.12.